The molecule has 4 aromatic rings. The molecule has 1 atom stereocenters. The Balaban J connectivity index is 1.60. The topological polar surface area (TPSA) is 0 Å². The standard InChI is InChI=1S/C26H21.C13H10.Zr/c1-18-12-13-22-20(16-18)17-24-23(22)14-15-26(2,21-10-4-3-5-11-21)25(24)19-8-6-7-9-19;1-3-7-12(8-4-1)11-13-9-5-2-6-10-13;/h3-8,10-16H,9H2,1-2H3;1-10H;. The summed E-state index contributed by atoms with van der Waals surface area (Å²) in [7, 11) is 0. The van der Waals surface area contributed by atoms with E-state index < -0.39 is 22.8 Å². The van der Waals surface area contributed by atoms with Crippen molar-refractivity contribution in [2.45, 2.75) is 25.7 Å². The van der Waals surface area contributed by atoms with Crippen molar-refractivity contribution < 1.29 is 22.8 Å². The first-order chi connectivity index (χ1) is 19.6. The van der Waals surface area contributed by atoms with Gasteiger partial charge in [0.15, 0.2) is 0 Å². The van der Waals surface area contributed by atoms with Crippen LogP contribution in [0.15, 0.2) is 156 Å². The fourth-order valence-corrected chi connectivity index (χ4v) is 10.4. The summed E-state index contributed by atoms with van der Waals surface area (Å²) in [6.45, 7) is 4.66. The molecule has 0 aromatic heterocycles. The Morgan fingerprint density at radius 2 is 1.40 bits per heavy atom. The maximum atomic E-state index is 2.46. The first-order valence-corrected chi connectivity index (χ1v) is 16.6. The molecule has 4 aromatic carbocycles. The molecule has 1 heteroatoms. The molecular formula is C39H31Zr. The average molecular weight is 591 g/mol. The Bertz CT molecular complexity index is 1860. The molecule has 1 unspecified atom stereocenters. The predicted octanol–water partition coefficient (Wildman–Crippen LogP) is 7.33. The van der Waals surface area contributed by atoms with E-state index in [1.807, 2.05) is 0 Å². The van der Waals surface area contributed by atoms with Gasteiger partial charge >= 0.3 is 249 Å². The second-order valence-electron chi connectivity index (χ2n) is 11.0. The summed E-state index contributed by atoms with van der Waals surface area (Å²) in [4.78, 5) is 0. The van der Waals surface area contributed by atoms with Crippen molar-refractivity contribution in [2.75, 3.05) is 0 Å². The molecule has 0 fully saturated rings. The van der Waals surface area contributed by atoms with E-state index in [4.69, 9.17) is 0 Å². The van der Waals surface area contributed by atoms with E-state index in [2.05, 4.69) is 153 Å². The van der Waals surface area contributed by atoms with Crippen molar-refractivity contribution in [1.82, 2.24) is 0 Å². The molecule has 0 bridgehead atoms. The van der Waals surface area contributed by atoms with Gasteiger partial charge in [0.25, 0.3) is 0 Å². The van der Waals surface area contributed by atoms with Gasteiger partial charge in [-0.05, 0) is 0 Å². The van der Waals surface area contributed by atoms with Crippen LogP contribution < -0.4 is 10.4 Å². The summed E-state index contributed by atoms with van der Waals surface area (Å²) in [5.74, 6) is 0. The van der Waals surface area contributed by atoms with Crippen LogP contribution in [0, 0.1) is 6.92 Å². The summed E-state index contributed by atoms with van der Waals surface area (Å²) in [6, 6.07) is 40.4. The van der Waals surface area contributed by atoms with Crippen LogP contribution in [0.25, 0.3) is 8.85 Å². The number of hydrogen-bond acceptors (Lipinski definition) is 0. The van der Waals surface area contributed by atoms with Gasteiger partial charge < -0.3 is 0 Å². The second-order valence-corrected chi connectivity index (χ2v) is 14.1. The van der Waals surface area contributed by atoms with Crippen molar-refractivity contribution in [3.05, 3.63) is 189 Å². The van der Waals surface area contributed by atoms with Crippen molar-refractivity contribution in [3.8, 4) is 0 Å². The van der Waals surface area contributed by atoms with E-state index >= 15 is 0 Å². The number of fused-ring (bicyclic) bond motifs is 2. The number of allylic oxidation sites excluding steroid dienone is 8. The first-order valence-electron chi connectivity index (χ1n) is 14.1. The Hall–Kier alpha value is -3.67. The third kappa shape index (κ3) is 4.29. The van der Waals surface area contributed by atoms with Crippen LogP contribution in [-0.2, 0) is 28.2 Å². The van der Waals surface area contributed by atoms with Crippen LogP contribution in [0.1, 0.15) is 35.6 Å². The molecular weight excluding hydrogens is 560 g/mol. The summed E-state index contributed by atoms with van der Waals surface area (Å²) in [5, 5.41) is 2.85. The molecule has 3 aliphatic rings. The number of aryl methyl sites for hydroxylation is 1. The van der Waals surface area contributed by atoms with Crippen molar-refractivity contribution in [2.24, 2.45) is 0 Å². The van der Waals surface area contributed by atoms with E-state index in [9.17, 15) is 0 Å². The minimum absolute atomic E-state index is 0.195. The quantitative estimate of drug-likeness (QED) is 0.228. The zero-order chi connectivity index (χ0) is 27.1. The fourth-order valence-electron chi connectivity index (χ4n) is 6.46. The van der Waals surface area contributed by atoms with Crippen LogP contribution in [-0.4, -0.2) is 3.21 Å². The Morgan fingerprint density at radius 1 is 0.750 bits per heavy atom. The molecule has 40 heavy (non-hydrogen) atoms. The molecule has 0 radical (unpaired) electrons. The molecule has 0 saturated heterocycles. The van der Waals surface area contributed by atoms with Crippen LogP contribution in [0.3, 0.4) is 0 Å². The van der Waals surface area contributed by atoms with Gasteiger partial charge in [0.2, 0.25) is 0 Å². The molecule has 0 aliphatic heterocycles. The van der Waals surface area contributed by atoms with Gasteiger partial charge in [0, 0.05) is 0 Å². The minimum atomic E-state index is -1.29. The summed E-state index contributed by atoms with van der Waals surface area (Å²) < 4.78 is 3.14. The van der Waals surface area contributed by atoms with E-state index in [0.717, 1.165) is 6.42 Å². The van der Waals surface area contributed by atoms with Crippen LogP contribution in [0.4, 0.5) is 0 Å². The molecule has 191 valence electrons. The zero-order valence-electron chi connectivity index (χ0n) is 23.0. The van der Waals surface area contributed by atoms with Gasteiger partial charge in [-0.2, -0.15) is 0 Å². The summed E-state index contributed by atoms with van der Waals surface area (Å²) >= 11 is -1.29. The summed E-state index contributed by atoms with van der Waals surface area (Å²) in [5.41, 5.74) is 11.1. The normalized spacial score (nSPS) is 18.9. The molecule has 0 amide bonds. The SMILES string of the molecule is Cc1ccc2c(c1)=[C]([Zr]=[C](c1ccccc1)c1ccccc1)C1=C(C3=CC=CC3)C(C)(c3ccccc3)C=CC=21. The van der Waals surface area contributed by atoms with Crippen LogP contribution in [0.5, 0.6) is 0 Å². The van der Waals surface area contributed by atoms with E-state index in [0.29, 0.717) is 0 Å². The molecule has 0 saturated carbocycles. The number of hydrogen-bond donors (Lipinski definition) is 0. The predicted molar refractivity (Wildman–Crippen MR) is 165 cm³/mol. The van der Waals surface area contributed by atoms with Crippen molar-refractivity contribution >= 4 is 12.1 Å². The van der Waals surface area contributed by atoms with E-state index in [-0.39, 0.29) is 5.41 Å². The van der Waals surface area contributed by atoms with E-state index in [1.54, 1.807) is 3.28 Å². The van der Waals surface area contributed by atoms with Crippen molar-refractivity contribution in [1.29, 1.82) is 0 Å². The molecule has 0 spiro atoms. The Labute approximate surface area is 248 Å². The molecule has 0 heterocycles. The number of benzene rings is 4. The summed E-state index contributed by atoms with van der Waals surface area (Å²) in [6.07, 6.45) is 12.8. The van der Waals surface area contributed by atoms with Gasteiger partial charge in [0.05, 0.1) is 0 Å². The zero-order valence-corrected chi connectivity index (χ0v) is 25.4. The van der Waals surface area contributed by atoms with Crippen LogP contribution >= 0.6 is 0 Å². The number of rotatable bonds is 5. The first kappa shape index (κ1) is 25.3. The van der Waals surface area contributed by atoms with Gasteiger partial charge in [-0.1, -0.05) is 0 Å². The maximum absolute atomic E-state index is 2.46. The monoisotopic (exact) mass is 589 g/mol. The Morgan fingerprint density at radius 3 is 2.02 bits per heavy atom. The van der Waals surface area contributed by atoms with Gasteiger partial charge in [-0.3, -0.25) is 0 Å². The molecule has 3 aliphatic carbocycles. The Kier molecular flexibility index (Phi) is 6.57. The van der Waals surface area contributed by atoms with Crippen molar-refractivity contribution in [3.63, 3.8) is 0 Å². The average Bonchev–Trinajstić information content (AvgIpc) is 3.63. The van der Waals surface area contributed by atoms with Gasteiger partial charge in [-0.25, -0.2) is 0 Å². The second kappa shape index (κ2) is 10.4. The molecule has 0 nitrogen and oxygen atoms in total. The van der Waals surface area contributed by atoms with Gasteiger partial charge in [-0.15, -0.1) is 0 Å². The molecule has 7 rings (SSSR count). The van der Waals surface area contributed by atoms with Crippen LogP contribution in [0.2, 0.25) is 0 Å². The van der Waals surface area contributed by atoms with Gasteiger partial charge in [0.1, 0.15) is 0 Å². The third-order valence-corrected chi connectivity index (χ3v) is 12.4. The fraction of sp³-hybridized carbons (Fsp3) is 0.103. The van der Waals surface area contributed by atoms with E-state index in [1.165, 1.54) is 58.2 Å². The third-order valence-electron chi connectivity index (χ3n) is 8.45. The molecule has 0 N–H and O–H groups in total.